The van der Waals surface area contributed by atoms with E-state index in [0.29, 0.717) is 5.56 Å². The largest absolute Gasteiger partial charge is 0.447 e. The van der Waals surface area contributed by atoms with Gasteiger partial charge in [0.25, 0.3) is 0 Å². The lowest BCUT2D eigenvalue weighted by molar-refractivity contribution is -0.385. The normalized spacial score (nSPS) is 9.95. The molecule has 0 saturated heterocycles. The van der Waals surface area contributed by atoms with Crippen LogP contribution >= 0.6 is 0 Å². The van der Waals surface area contributed by atoms with Crippen molar-refractivity contribution < 1.29 is 19.2 Å². The van der Waals surface area contributed by atoms with Crippen molar-refractivity contribution in [1.29, 1.82) is 5.26 Å². The van der Waals surface area contributed by atoms with Crippen LogP contribution in [0.2, 0.25) is 0 Å². The van der Waals surface area contributed by atoms with Crippen molar-refractivity contribution in [3.05, 3.63) is 63.5 Å². The molecule has 6 nitrogen and oxygen atoms in total. The highest BCUT2D eigenvalue weighted by Gasteiger charge is 2.18. The summed E-state index contributed by atoms with van der Waals surface area (Å²) < 4.78 is 18.9. The SMILES string of the molecule is N#Cc1ccc(Oc2ccc(CO)cc2[N+](=O)[O-])c(F)c1. The summed E-state index contributed by atoms with van der Waals surface area (Å²) in [4.78, 5) is 10.3. The molecule has 0 aliphatic rings. The molecule has 106 valence electrons. The van der Waals surface area contributed by atoms with Crippen LogP contribution in [-0.4, -0.2) is 10.0 Å². The third kappa shape index (κ3) is 3.13. The van der Waals surface area contributed by atoms with Gasteiger partial charge in [-0.1, -0.05) is 6.07 Å². The molecule has 0 aliphatic heterocycles. The number of nitro benzene ring substituents is 1. The van der Waals surface area contributed by atoms with E-state index >= 15 is 0 Å². The Morgan fingerprint density at radius 1 is 1.29 bits per heavy atom. The lowest BCUT2D eigenvalue weighted by Crippen LogP contribution is -1.97. The van der Waals surface area contributed by atoms with Crippen LogP contribution < -0.4 is 4.74 Å². The molecule has 0 fully saturated rings. The molecule has 7 heteroatoms. The fourth-order valence-electron chi connectivity index (χ4n) is 1.66. The molecule has 1 N–H and O–H groups in total. The Hall–Kier alpha value is -2.98. The van der Waals surface area contributed by atoms with Crippen LogP contribution in [0.3, 0.4) is 0 Å². The minimum Gasteiger partial charge on any atom is -0.447 e. The Labute approximate surface area is 118 Å². The number of aliphatic hydroxyl groups excluding tert-OH is 1. The number of aliphatic hydroxyl groups is 1. The zero-order valence-electron chi connectivity index (χ0n) is 10.6. The lowest BCUT2D eigenvalue weighted by Gasteiger charge is -2.08. The molecule has 0 atom stereocenters. The molecule has 0 radical (unpaired) electrons. The molecule has 0 aliphatic carbocycles. The Morgan fingerprint density at radius 2 is 2.00 bits per heavy atom. The van der Waals surface area contributed by atoms with E-state index in [9.17, 15) is 14.5 Å². The molecule has 0 saturated carbocycles. The number of benzene rings is 2. The first-order chi connectivity index (χ1) is 10.0. The van der Waals surface area contributed by atoms with E-state index < -0.39 is 10.7 Å². The molecule has 0 heterocycles. The van der Waals surface area contributed by atoms with E-state index in [1.807, 2.05) is 0 Å². The molecule has 0 spiro atoms. The number of nitrogens with zero attached hydrogens (tertiary/aromatic N) is 2. The van der Waals surface area contributed by atoms with Gasteiger partial charge >= 0.3 is 5.69 Å². The fourth-order valence-corrected chi connectivity index (χ4v) is 1.66. The third-order valence-corrected chi connectivity index (χ3v) is 2.68. The Bertz CT molecular complexity index is 740. The van der Waals surface area contributed by atoms with Crippen molar-refractivity contribution >= 4 is 5.69 Å². The minimum atomic E-state index is -0.797. The lowest BCUT2D eigenvalue weighted by atomic mass is 10.2. The number of hydrogen-bond acceptors (Lipinski definition) is 5. The van der Waals surface area contributed by atoms with Gasteiger partial charge in [-0.2, -0.15) is 5.26 Å². The van der Waals surface area contributed by atoms with Crippen molar-refractivity contribution in [3.8, 4) is 17.6 Å². The number of nitriles is 1. The minimum absolute atomic E-state index is 0.116. The van der Waals surface area contributed by atoms with Crippen LogP contribution in [0.5, 0.6) is 11.5 Å². The summed E-state index contributed by atoms with van der Waals surface area (Å²) in [5.41, 5.74) is 0.0737. The zero-order valence-corrected chi connectivity index (χ0v) is 10.6. The van der Waals surface area contributed by atoms with Crippen LogP contribution in [0.4, 0.5) is 10.1 Å². The van der Waals surface area contributed by atoms with Gasteiger partial charge in [-0.05, 0) is 29.8 Å². The second-order valence-corrected chi connectivity index (χ2v) is 4.08. The molecule has 0 bridgehead atoms. The van der Waals surface area contributed by atoms with Gasteiger partial charge in [0, 0.05) is 6.07 Å². The van der Waals surface area contributed by atoms with E-state index in [-0.39, 0.29) is 29.4 Å². The van der Waals surface area contributed by atoms with E-state index in [2.05, 4.69) is 0 Å². The second-order valence-electron chi connectivity index (χ2n) is 4.08. The van der Waals surface area contributed by atoms with Crippen molar-refractivity contribution in [3.63, 3.8) is 0 Å². The third-order valence-electron chi connectivity index (χ3n) is 2.68. The molecular formula is C14H9FN2O4. The monoisotopic (exact) mass is 288 g/mol. The van der Waals surface area contributed by atoms with E-state index in [4.69, 9.17) is 15.1 Å². The highest BCUT2D eigenvalue weighted by atomic mass is 19.1. The molecule has 2 aromatic carbocycles. The summed E-state index contributed by atoms with van der Waals surface area (Å²) in [6, 6.07) is 9.17. The van der Waals surface area contributed by atoms with E-state index in [1.54, 1.807) is 6.07 Å². The number of hydrogen-bond donors (Lipinski definition) is 1. The topological polar surface area (TPSA) is 96.4 Å². The van der Waals surface area contributed by atoms with Gasteiger partial charge in [0.05, 0.1) is 23.2 Å². The number of nitro groups is 1. The maximum absolute atomic E-state index is 13.7. The van der Waals surface area contributed by atoms with Gasteiger partial charge in [-0.3, -0.25) is 10.1 Å². The molecule has 21 heavy (non-hydrogen) atoms. The first-order valence-corrected chi connectivity index (χ1v) is 5.81. The van der Waals surface area contributed by atoms with Crippen molar-refractivity contribution in [2.24, 2.45) is 0 Å². The second kappa shape index (κ2) is 5.98. The maximum Gasteiger partial charge on any atom is 0.311 e. The number of rotatable bonds is 4. The molecule has 2 aromatic rings. The Kier molecular flexibility index (Phi) is 4.11. The van der Waals surface area contributed by atoms with Gasteiger partial charge in [0.15, 0.2) is 11.6 Å². The van der Waals surface area contributed by atoms with Crippen LogP contribution in [0.1, 0.15) is 11.1 Å². The predicted octanol–water partition coefficient (Wildman–Crippen LogP) is 2.89. The standard InChI is InChI=1S/C14H9FN2O4/c15-11-5-9(7-16)1-3-13(11)21-14-4-2-10(8-18)6-12(14)17(19)20/h1-6,18H,8H2. The van der Waals surface area contributed by atoms with E-state index in [1.165, 1.54) is 24.3 Å². The van der Waals surface area contributed by atoms with Crippen molar-refractivity contribution in [1.82, 2.24) is 0 Å². The smallest absolute Gasteiger partial charge is 0.311 e. The highest BCUT2D eigenvalue weighted by Crippen LogP contribution is 2.33. The summed E-state index contributed by atoms with van der Waals surface area (Å²) in [5, 5.41) is 28.6. The summed E-state index contributed by atoms with van der Waals surface area (Å²) in [6.07, 6.45) is 0. The van der Waals surface area contributed by atoms with Gasteiger partial charge in [0.2, 0.25) is 5.75 Å². The fraction of sp³-hybridized carbons (Fsp3) is 0.0714. The van der Waals surface area contributed by atoms with Crippen LogP contribution in [0.15, 0.2) is 36.4 Å². The van der Waals surface area contributed by atoms with Gasteiger partial charge in [-0.15, -0.1) is 0 Å². The molecule has 0 amide bonds. The number of halogens is 1. The summed E-state index contributed by atoms with van der Waals surface area (Å²) in [5.74, 6) is -1.18. The van der Waals surface area contributed by atoms with Gasteiger partial charge in [0.1, 0.15) is 0 Å². The van der Waals surface area contributed by atoms with Crippen LogP contribution in [0, 0.1) is 27.3 Å². The molecule has 0 aromatic heterocycles. The summed E-state index contributed by atoms with van der Waals surface area (Å²) in [6.45, 7) is -0.355. The number of ether oxygens (including phenoxy) is 1. The molecule has 0 unspecified atom stereocenters. The van der Waals surface area contributed by atoms with Crippen molar-refractivity contribution in [2.75, 3.05) is 0 Å². The predicted molar refractivity (Wildman–Crippen MR) is 70.2 cm³/mol. The quantitative estimate of drug-likeness (QED) is 0.689. The molecule has 2 rings (SSSR count). The van der Waals surface area contributed by atoms with Crippen LogP contribution in [0.25, 0.3) is 0 Å². The zero-order chi connectivity index (χ0) is 15.4. The van der Waals surface area contributed by atoms with Gasteiger partial charge < -0.3 is 9.84 Å². The first-order valence-electron chi connectivity index (χ1n) is 5.81. The highest BCUT2D eigenvalue weighted by molar-refractivity contribution is 5.51. The Morgan fingerprint density at radius 3 is 2.57 bits per heavy atom. The molecular weight excluding hydrogens is 279 g/mol. The maximum atomic E-state index is 13.7. The van der Waals surface area contributed by atoms with Gasteiger partial charge in [-0.25, -0.2) is 4.39 Å². The Balaban J connectivity index is 2.40. The average molecular weight is 288 g/mol. The average Bonchev–Trinajstić information content (AvgIpc) is 2.49. The van der Waals surface area contributed by atoms with Crippen molar-refractivity contribution in [2.45, 2.75) is 6.61 Å². The summed E-state index contributed by atoms with van der Waals surface area (Å²) in [7, 11) is 0. The van der Waals surface area contributed by atoms with Crippen LogP contribution in [-0.2, 0) is 6.61 Å². The van der Waals surface area contributed by atoms with E-state index in [0.717, 1.165) is 12.1 Å². The first kappa shape index (κ1) is 14.4. The summed E-state index contributed by atoms with van der Waals surface area (Å²) >= 11 is 0.